The van der Waals surface area contributed by atoms with Crippen LogP contribution in [0.15, 0.2) is 30.9 Å². The molecule has 0 bridgehead atoms. The number of hydrogen-bond donors (Lipinski definition) is 0. The third-order valence-corrected chi connectivity index (χ3v) is 5.86. The lowest BCUT2D eigenvalue weighted by Gasteiger charge is -2.28. The van der Waals surface area contributed by atoms with Crippen LogP contribution in [0.25, 0.3) is 5.52 Å². The topological polar surface area (TPSA) is 81.0 Å². The number of carbonyl (C=O) groups excluding carboxylic acids is 1. The Kier molecular flexibility index (Phi) is 4.36. The molecule has 2 aromatic heterocycles. The molecule has 0 aromatic carbocycles. The monoisotopic (exact) mass is 337 g/mol. The Hall–Kier alpha value is -1.93. The van der Waals surface area contributed by atoms with Crippen LogP contribution in [0.1, 0.15) is 16.8 Å². The van der Waals surface area contributed by atoms with E-state index in [-0.39, 0.29) is 23.5 Å². The van der Waals surface area contributed by atoms with E-state index in [2.05, 4.69) is 4.98 Å². The maximum absolute atomic E-state index is 12.9. The van der Waals surface area contributed by atoms with Gasteiger partial charge >= 0.3 is 0 Å². The molecule has 2 aromatic rings. The fourth-order valence-electron chi connectivity index (χ4n) is 2.88. The van der Waals surface area contributed by atoms with Gasteiger partial charge in [-0.25, -0.2) is 13.4 Å². The van der Waals surface area contributed by atoms with Crippen molar-refractivity contribution < 1.29 is 17.9 Å². The number of fused-ring (bicyclic) bond motifs is 1. The van der Waals surface area contributed by atoms with Crippen LogP contribution in [0.2, 0.25) is 0 Å². The van der Waals surface area contributed by atoms with Gasteiger partial charge in [0.2, 0.25) is 0 Å². The van der Waals surface area contributed by atoms with Crippen molar-refractivity contribution in [1.29, 1.82) is 0 Å². The van der Waals surface area contributed by atoms with Crippen molar-refractivity contribution in [1.82, 2.24) is 14.3 Å². The number of imidazole rings is 1. The summed E-state index contributed by atoms with van der Waals surface area (Å²) in [7, 11) is -1.49. The summed E-state index contributed by atoms with van der Waals surface area (Å²) in [5.41, 5.74) is 1.35. The molecule has 124 valence electrons. The van der Waals surface area contributed by atoms with Crippen molar-refractivity contribution in [3.63, 3.8) is 0 Å². The van der Waals surface area contributed by atoms with Crippen molar-refractivity contribution >= 4 is 21.3 Å². The smallest absolute Gasteiger partial charge is 0.254 e. The van der Waals surface area contributed by atoms with Crippen LogP contribution in [0.3, 0.4) is 0 Å². The molecule has 1 unspecified atom stereocenters. The van der Waals surface area contributed by atoms with Gasteiger partial charge in [0.15, 0.2) is 9.84 Å². The summed E-state index contributed by atoms with van der Waals surface area (Å²) < 4.78 is 30.4. The largest absolute Gasteiger partial charge is 0.383 e. The normalized spacial score (nSPS) is 20.0. The summed E-state index contributed by atoms with van der Waals surface area (Å²) in [5.74, 6) is -0.0131. The van der Waals surface area contributed by atoms with Gasteiger partial charge in [-0.3, -0.25) is 4.79 Å². The maximum Gasteiger partial charge on any atom is 0.254 e. The Morgan fingerprint density at radius 3 is 3.04 bits per heavy atom. The molecule has 23 heavy (non-hydrogen) atoms. The number of amides is 1. The number of nitrogens with zero attached hydrogens (tertiary/aromatic N) is 3. The molecule has 0 spiro atoms. The number of rotatable bonds is 5. The molecule has 8 heteroatoms. The zero-order chi connectivity index (χ0) is 16.4. The number of hydrogen-bond acceptors (Lipinski definition) is 5. The van der Waals surface area contributed by atoms with E-state index in [1.165, 1.54) is 0 Å². The summed E-state index contributed by atoms with van der Waals surface area (Å²) >= 11 is 0. The second-order valence-electron chi connectivity index (χ2n) is 5.69. The Labute approximate surface area is 134 Å². The number of sulfone groups is 1. The highest BCUT2D eigenvalue weighted by atomic mass is 32.2. The minimum atomic E-state index is -3.06. The van der Waals surface area contributed by atoms with Gasteiger partial charge in [0, 0.05) is 31.5 Å². The highest BCUT2D eigenvalue weighted by molar-refractivity contribution is 7.91. The molecule has 3 heterocycles. The number of carbonyl (C=O) groups is 1. The number of aromatic nitrogens is 2. The minimum absolute atomic E-state index is 0.0252. The SMILES string of the molecule is COCCN(C(=O)c1ccn2cncc2c1)C1CCS(=O)(=O)C1. The predicted octanol–water partition coefficient (Wildman–Crippen LogP) is 0.610. The Morgan fingerprint density at radius 1 is 1.52 bits per heavy atom. The molecule has 0 N–H and O–H groups in total. The van der Waals surface area contributed by atoms with E-state index in [4.69, 9.17) is 4.74 Å². The summed E-state index contributed by atoms with van der Waals surface area (Å²) in [5, 5.41) is 0. The van der Waals surface area contributed by atoms with Crippen molar-refractivity contribution in [2.24, 2.45) is 0 Å². The molecule has 1 amide bonds. The average molecular weight is 337 g/mol. The number of methoxy groups -OCH3 is 1. The first-order chi connectivity index (χ1) is 11.0. The van der Waals surface area contributed by atoms with Crippen LogP contribution in [0.4, 0.5) is 0 Å². The average Bonchev–Trinajstić information content (AvgIpc) is 3.12. The lowest BCUT2D eigenvalue weighted by Crippen LogP contribution is -2.43. The molecule has 0 aliphatic carbocycles. The first-order valence-corrected chi connectivity index (χ1v) is 9.24. The van der Waals surface area contributed by atoms with Gasteiger partial charge in [-0.2, -0.15) is 0 Å². The van der Waals surface area contributed by atoms with Crippen molar-refractivity contribution in [3.05, 3.63) is 36.4 Å². The fourth-order valence-corrected chi connectivity index (χ4v) is 4.61. The second-order valence-corrected chi connectivity index (χ2v) is 7.92. The fraction of sp³-hybridized carbons (Fsp3) is 0.467. The Bertz CT molecular complexity index is 815. The molecule has 1 fully saturated rings. The van der Waals surface area contributed by atoms with Crippen LogP contribution in [-0.4, -0.2) is 66.4 Å². The Morgan fingerprint density at radius 2 is 2.35 bits per heavy atom. The van der Waals surface area contributed by atoms with E-state index < -0.39 is 9.84 Å². The lowest BCUT2D eigenvalue weighted by molar-refractivity contribution is 0.0624. The molecule has 7 nitrogen and oxygen atoms in total. The molecule has 1 atom stereocenters. The molecular weight excluding hydrogens is 318 g/mol. The summed E-state index contributed by atoms with van der Waals surface area (Å²) in [4.78, 5) is 18.5. The highest BCUT2D eigenvalue weighted by Gasteiger charge is 2.34. The standard InChI is InChI=1S/C15H19N3O4S/c1-22-6-5-18(13-3-7-23(20,21)10-13)15(19)12-2-4-17-11-16-9-14(17)8-12/h2,4,8-9,11,13H,3,5-7,10H2,1H3. The van der Waals surface area contributed by atoms with Gasteiger partial charge in [0.25, 0.3) is 5.91 Å². The van der Waals surface area contributed by atoms with E-state index in [1.807, 2.05) is 4.40 Å². The molecular formula is C15H19N3O4S. The summed E-state index contributed by atoms with van der Waals surface area (Å²) in [6, 6.07) is 3.20. The zero-order valence-electron chi connectivity index (χ0n) is 12.9. The summed E-state index contributed by atoms with van der Waals surface area (Å²) in [6.45, 7) is 0.747. The molecule has 1 aliphatic rings. The van der Waals surface area contributed by atoms with Crippen LogP contribution in [0.5, 0.6) is 0 Å². The van der Waals surface area contributed by atoms with Crippen LogP contribution < -0.4 is 0 Å². The molecule has 3 rings (SSSR count). The minimum Gasteiger partial charge on any atom is -0.383 e. The molecule has 0 radical (unpaired) electrons. The first kappa shape index (κ1) is 15.9. The van der Waals surface area contributed by atoms with Crippen molar-refractivity contribution in [3.8, 4) is 0 Å². The van der Waals surface area contributed by atoms with E-state index in [1.54, 1.807) is 42.9 Å². The van der Waals surface area contributed by atoms with Crippen molar-refractivity contribution in [2.45, 2.75) is 12.5 Å². The van der Waals surface area contributed by atoms with Gasteiger partial charge in [-0.1, -0.05) is 0 Å². The Balaban J connectivity index is 1.87. The van der Waals surface area contributed by atoms with Crippen LogP contribution in [-0.2, 0) is 14.6 Å². The number of ether oxygens (including phenoxy) is 1. The second kappa shape index (κ2) is 6.29. The van der Waals surface area contributed by atoms with Gasteiger partial charge in [0.1, 0.15) is 0 Å². The number of pyridine rings is 1. The highest BCUT2D eigenvalue weighted by Crippen LogP contribution is 2.20. The lowest BCUT2D eigenvalue weighted by atomic mass is 10.1. The zero-order valence-corrected chi connectivity index (χ0v) is 13.7. The van der Waals surface area contributed by atoms with E-state index >= 15 is 0 Å². The van der Waals surface area contributed by atoms with Crippen molar-refractivity contribution in [2.75, 3.05) is 31.8 Å². The van der Waals surface area contributed by atoms with Gasteiger partial charge in [0.05, 0.1) is 36.2 Å². The van der Waals surface area contributed by atoms with Crippen LogP contribution >= 0.6 is 0 Å². The molecule has 0 saturated carbocycles. The van der Waals surface area contributed by atoms with Crippen LogP contribution in [0, 0.1) is 0 Å². The third kappa shape index (κ3) is 3.37. The van der Waals surface area contributed by atoms with Gasteiger partial charge < -0.3 is 14.0 Å². The molecule has 1 saturated heterocycles. The van der Waals surface area contributed by atoms with E-state index in [9.17, 15) is 13.2 Å². The maximum atomic E-state index is 12.9. The first-order valence-electron chi connectivity index (χ1n) is 7.42. The quantitative estimate of drug-likeness (QED) is 0.798. The van der Waals surface area contributed by atoms with Gasteiger partial charge in [-0.15, -0.1) is 0 Å². The van der Waals surface area contributed by atoms with Gasteiger partial charge in [-0.05, 0) is 18.6 Å². The molecule has 1 aliphatic heterocycles. The third-order valence-electron chi connectivity index (χ3n) is 4.11. The summed E-state index contributed by atoms with van der Waals surface area (Å²) in [6.07, 6.45) is 5.59. The van der Waals surface area contributed by atoms with E-state index in [0.29, 0.717) is 25.1 Å². The van der Waals surface area contributed by atoms with E-state index in [0.717, 1.165) is 5.52 Å². The predicted molar refractivity (Wildman–Crippen MR) is 85.2 cm³/mol.